The Kier molecular flexibility index (Phi) is 13.2. The Bertz CT molecular complexity index is 1540. The smallest absolute Gasteiger partial charge is 0.243 e. The molecule has 0 aliphatic heterocycles. The lowest BCUT2D eigenvalue weighted by molar-refractivity contribution is -0.141. The van der Waals surface area contributed by atoms with Gasteiger partial charge in [0.15, 0.2) is 0 Å². The van der Waals surface area contributed by atoms with Gasteiger partial charge < -0.3 is 15.0 Å². The van der Waals surface area contributed by atoms with Crippen molar-refractivity contribution in [2.24, 2.45) is 0 Å². The summed E-state index contributed by atoms with van der Waals surface area (Å²) in [4.78, 5) is 29.2. The van der Waals surface area contributed by atoms with Gasteiger partial charge in [0.05, 0.1) is 34.1 Å². The molecule has 2 amide bonds. The number of hydrogen-bond donors (Lipinski definition) is 1. The molecule has 0 aromatic heterocycles. The van der Waals surface area contributed by atoms with E-state index in [0.29, 0.717) is 27.0 Å². The molecule has 238 valence electrons. The predicted molar refractivity (Wildman–Crippen MR) is 178 cm³/mol. The lowest BCUT2D eigenvalue weighted by Crippen LogP contribution is -2.52. The zero-order chi connectivity index (χ0) is 32.4. The van der Waals surface area contributed by atoms with Gasteiger partial charge in [0.1, 0.15) is 11.8 Å². The molecule has 0 fully saturated rings. The van der Waals surface area contributed by atoms with Crippen LogP contribution in [0.25, 0.3) is 0 Å². The average molecular weight is 683 g/mol. The van der Waals surface area contributed by atoms with E-state index < -0.39 is 16.1 Å². The van der Waals surface area contributed by atoms with Crippen molar-refractivity contribution in [3.05, 3.63) is 92.9 Å². The third-order valence-corrected chi connectivity index (χ3v) is 9.41. The molecule has 0 aliphatic carbocycles. The monoisotopic (exact) mass is 681 g/mol. The number of benzene rings is 3. The molecule has 0 saturated heterocycles. The van der Waals surface area contributed by atoms with Crippen molar-refractivity contribution in [2.75, 3.05) is 24.2 Å². The number of amides is 2. The SMILES string of the molecule is CCC(C)NC(=O)C(Cc1ccccc1)N(Cc1ccc(Cl)c(Cl)c1)C(=O)CCCN(c1ccc(OC)c(Cl)c1)S(C)(=O)=O. The van der Waals surface area contributed by atoms with Crippen LogP contribution in [-0.4, -0.2) is 57.1 Å². The van der Waals surface area contributed by atoms with E-state index in [-0.39, 0.29) is 55.2 Å². The standard InChI is InChI=1S/C32H38Cl3N3O5S/c1-5-22(2)36-32(40)29(19-23-10-7-6-8-11-23)37(21-24-13-15-26(33)27(34)18-24)31(39)12-9-17-38(44(4,41)42)25-14-16-30(43-3)28(35)20-25/h6-8,10-11,13-16,18,20,22,29H,5,9,12,17,19,21H2,1-4H3,(H,36,40). The lowest BCUT2D eigenvalue weighted by Gasteiger charge is -2.33. The van der Waals surface area contributed by atoms with Crippen molar-refractivity contribution in [3.63, 3.8) is 0 Å². The van der Waals surface area contributed by atoms with Crippen LogP contribution in [0.4, 0.5) is 5.69 Å². The normalized spacial score (nSPS) is 12.7. The van der Waals surface area contributed by atoms with Gasteiger partial charge in [-0.3, -0.25) is 13.9 Å². The number of anilines is 1. The third kappa shape index (κ3) is 10.0. The first-order chi connectivity index (χ1) is 20.8. The Morgan fingerprint density at radius 1 is 0.932 bits per heavy atom. The Labute approximate surface area is 275 Å². The second-order valence-electron chi connectivity index (χ2n) is 10.6. The van der Waals surface area contributed by atoms with Crippen molar-refractivity contribution in [1.29, 1.82) is 0 Å². The minimum atomic E-state index is -3.70. The molecule has 0 radical (unpaired) electrons. The minimum Gasteiger partial charge on any atom is -0.495 e. The highest BCUT2D eigenvalue weighted by atomic mass is 35.5. The molecule has 3 aromatic carbocycles. The van der Waals surface area contributed by atoms with Crippen LogP contribution in [0.15, 0.2) is 66.7 Å². The van der Waals surface area contributed by atoms with E-state index in [1.54, 1.807) is 35.2 Å². The van der Waals surface area contributed by atoms with E-state index >= 15 is 0 Å². The summed E-state index contributed by atoms with van der Waals surface area (Å²) in [6, 6.07) is 18.3. The van der Waals surface area contributed by atoms with Crippen molar-refractivity contribution in [1.82, 2.24) is 10.2 Å². The summed E-state index contributed by atoms with van der Waals surface area (Å²) in [6.45, 7) is 4.01. The maximum absolute atomic E-state index is 14.0. The first-order valence-corrected chi connectivity index (χ1v) is 17.2. The highest BCUT2D eigenvalue weighted by Crippen LogP contribution is 2.30. The second-order valence-corrected chi connectivity index (χ2v) is 13.7. The van der Waals surface area contributed by atoms with Gasteiger partial charge in [-0.25, -0.2) is 8.42 Å². The van der Waals surface area contributed by atoms with E-state index in [1.807, 2.05) is 44.2 Å². The predicted octanol–water partition coefficient (Wildman–Crippen LogP) is 6.76. The van der Waals surface area contributed by atoms with E-state index in [1.165, 1.54) is 17.5 Å². The van der Waals surface area contributed by atoms with Crippen LogP contribution in [0, 0.1) is 0 Å². The van der Waals surface area contributed by atoms with Gasteiger partial charge >= 0.3 is 0 Å². The van der Waals surface area contributed by atoms with E-state index in [2.05, 4.69) is 5.32 Å². The van der Waals surface area contributed by atoms with Gasteiger partial charge in [0, 0.05) is 32.0 Å². The first kappa shape index (κ1) is 35.5. The third-order valence-electron chi connectivity index (χ3n) is 7.18. The zero-order valence-corrected chi connectivity index (χ0v) is 28.3. The van der Waals surface area contributed by atoms with Crippen LogP contribution in [0.5, 0.6) is 5.75 Å². The fraction of sp³-hybridized carbons (Fsp3) is 0.375. The van der Waals surface area contributed by atoms with Crippen LogP contribution >= 0.6 is 34.8 Å². The summed E-state index contributed by atoms with van der Waals surface area (Å²) in [5.41, 5.74) is 1.95. The largest absolute Gasteiger partial charge is 0.495 e. The zero-order valence-electron chi connectivity index (χ0n) is 25.2. The maximum atomic E-state index is 14.0. The van der Waals surface area contributed by atoms with Gasteiger partial charge in [-0.2, -0.15) is 0 Å². The number of carbonyl (C=O) groups is 2. The van der Waals surface area contributed by atoms with E-state index in [0.717, 1.165) is 18.2 Å². The van der Waals surface area contributed by atoms with E-state index in [9.17, 15) is 18.0 Å². The summed E-state index contributed by atoms with van der Waals surface area (Å²) < 4.78 is 31.8. The number of nitrogens with zero attached hydrogens (tertiary/aromatic N) is 2. The van der Waals surface area contributed by atoms with Gasteiger partial charge in [-0.1, -0.05) is 78.1 Å². The molecule has 3 aromatic rings. The first-order valence-electron chi connectivity index (χ1n) is 14.2. The van der Waals surface area contributed by atoms with Gasteiger partial charge in [0.25, 0.3) is 0 Å². The van der Waals surface area contributed by atoms with Crippen LogP contribution in [-0.2, 0) is 32.6 Å². The fourth-order valence-corrected chi connectivity index (χ4v) is 6.17. The number of hydrogen-bond acceptors (Lipinski definition) is 5. The lowest BCUT2D eigenvalue weighted by atomic mass is 10.0. The molecule has 0 heterocycles. The quantitative estimate of drug-likeness (QED) is 0.191. The fourth-order valence-electron chi connectivity index (χ4n) is 4.64. The van der Waals surface area contributed by atoms with Crippen molar-refractivity contribution < 1.29 is 22.7 Å². The molecule has 44 heavy (non-hydrogen) atoms. The highest BCUT2D eigenvalue weighted by molar-refractivity contribution is 7.92. The molecule has 2 unspecified atom stereocenters. The van der Waals surface area contributed by atoms with E-state index in [4.69, 9.17) is 39.5 Å². The minimum absolute atomic E-state index is 0.0148. The van der Waals surface area contributed by atoms with Crippen molar-refractivity contribution >= 4 is 62.3 Å². The Balaban J connectivity index is 1.92. The van der Waals surface area contributed by atoms with Crippen LogP contribution in [0.3, 0.4) is 0 Å². The number of methoxy groups -OCH3 is 1. The highest BCUT2D eigenvalue weighted by Gasteiger charge is 2.31. The molecule has 0 bridgehead atoms. The number of rotatable bonds is 15. The summed E-state index contributed by atoms with van der Waals surface area (Å²) in [5.74, 6) is -0.170. The molecular weight excluding hydrogens is 645 g/mol. The second kappa shape index (κ2) is 16.4. The van der Waals surface area contributed by atoms with Crippen molar-refractivity contribution in [3.8, 4) is 5.75 Å². The molecule has 12 heteroatoms. The summed E-state index contributed by atoms with van der Waals surface area (Å²) in [5, 5.41) is 4.01. The number of ether oxygens (including phenoxy) is 1. The number of sulfonamides is 1. The Hall–Kier alpha value is -2.98. The molecule has 0 aliphatic rings. The summed E-state index contributed by atoms with van der Waals surface area (Å²) in [6.07, 6.45) is 2.29. The molecular formula is C32H38Cl3N3O5S. The average Bonchev–Trinajstić information content (AvgIpc) is 2.98. The van der Waals surface area contributed by atoms with Crippen LogP contribution in [0.2, 0.25) is 15.1 Å². The van der Waals surface area contributed by atoms with Crippen LogP contribution < -0.4 is 14.4 Å². The molecule has 0 saturated carbocycles. The van der Waals surface area contributed by atoms with Gasteiger partial charge in [-0.05, 0) is 61.2 Å². The number of nitrogens with one attached hydrogen (secondary N) is 1. The molecule has 1 N–H and O–H groups in total. The number of carbonyl (C=O) groups excluding carboxylic acids is 2. The Morgan fingerprint density at radius 2 is 1.64 bits per heavy atom. The van der Waals surface area contributed by atoms with Gasteiger partial charge in [-0.15, -0.1) is 0 Å². The number of halogens is 3. The Morgan fingerprint density at radius 3 is 2.23 bits per heavy atom. The molecule has 8 nitrogen and oxygen atoms in total. The topological polar surface area (TPSA) is 96.0 Å². The molecule has 0 spiro atoms. The maximum Gasteiger partial charge on any atom is 0.243 e. The summed E-state index contributed by atoms with van der Waals surface area (Å²) >= 11 is 18.7. The molecule has 3 rings (SSSR count). The summed E-state index contributed by atoms with van der Waals surface area (Å²) in [7, 11) is -2.23. The van der Waals surface area contributed by atoms with Crippen molar-refractivity contribution in [2.45, 2.75) is 58.2 Å². The van der Waals surface area contributed by atoms with Crippen LogP contribution in [0.1, 0.15) is 44.2 Å². The molecule has 2 atom stereocenters. The van der Waals surface area contributed by atoms with Gasteiger partial charge in [0.2, 0.25) is 21.8 Å².